The topological polar surface area (TPSA) is 109 Å². The molecular formula is C18H18N4O4. The lowest BCUT2D eigenvalue weighted by molar-refractivity contribution is 0.0914. The van der Waals surface area contributed by atoms with E-state index >= 15 is 0 Å². The lowest BCUT2D eigenvalue weighted by Crippen LogP contribution is -2.29. The maximum absolute atomic E-state index is 12.3. The number of methoxy groups -OCH3 is 1. The first kappa shape index (κ1) is 17.4. The summed E-state index contributed by atoms with van der Waals surface area (Å²) in [5.74, 6) is 0.245. The van der Waals surface area contributed by atoms with Gasteiger partial charge < -0.3 is 20.1 Å². The van der Waals surface area contributed by atoms with Crippen LogP contribution in [0.2, 0.25) is 0 Å². The maximum Gasteiger partial charge on any atom is 0.254 e. The summed E-state index contributed by atoms with van der Waals surface area (Å²) in [6.45, 7) is -0.0430. The molecule has 3 aromatic rings. The molecule has 0 radical (unpaired) electrons. The lowest BCUT2D eigenvalue weighted by Gasteiger charge is -2.11. The molecule has 0 fully saturated rings. The van der Waals surface area contributed by atoms with Gasteiger partial charge in [-0.1, -0.05) is 18.2 Å². The van der Waals surface area contributed by atoms with Crippen LogP contribution in [0.4, 0.5) is 0 Å². The van der Waals surface area contributed by atoms with Crippen molar-refractivity contribution in [3.05, 3.63) is 76.5 Å². The number of ether oxygens (including phenoxy) is 1. The Morgan fingerprint density at radius 3 is 2.88 bits per heavy atom. The second-order valence-corrected chi connectivity index (χ2v) is 5.54. The number of nitrogens with one attached hydrogen (secondary N) is 2. The Bertz CT molecular complexity index is 963. The van der Waals surface area contributed by atoms with E-state index in [1.165, 1.54) is 18.3 Å². The summed E-state index contributed by atoms with van der Waals surface area (Å²) in [5, 5.41) is 16.9. The van der Waals surface area contributed by atoms with Crippen molar-refractivity contribution in [3.63, 3.8) is 0 Å². The van der Waals surface area contributed by atoms with Crippen LogP contribution < -0.4 is 15.6 Å². The van der Waals surface area contributed by atoms with Gasteiger partial charge in [0.1, 0.15) is 17.5 Å². The molecule has 0 spiro atoms. The zero-order valence-corrected chi connectivity index (χ0v) is 14.0. The third-order valence-corrected chi connectivity index (χ3v) is 3.78. The van der Waals surface area contributed by atoms with Crippen LogP contribution in [0.1, 0.15) is 22.2 Å². The molecule has 0 aliphatic heterocycles. The van der Waals surface area contributed by atoms with Gasteiger partial charge in [-0.3, -0.25) is 9.59 Å². The molecule has 8 nitrogen and oxygen atoms in total. The van der Waals surface area contributed by atoms with Crippen LogP contribution in [0, 0.1) is 0 Å². The third-order valence-electron chi connectivity index (χ3n) is 3.78. The monoisotopic (exact) mass is 354 g/mol. The zero-order valence-electron chi connectivity index (χ0n) is 14.0. The normalized spacial score (nSPS) is 11.8. The molecule has 8 heteroatoms. The predicted octanol–water partition coefficient (Wildman–Crippen LogP) is 1.03. The molecule has 1 unspecified atom stereocenters. The van der Waals surface area contributed by atoms with Crippen LogP contribution in [0.3, 0.4) is 0 Å². The van der Waals surface area contributed by atoms with E-state index in [1.807, 2.05) is 18.2 Å². The molecule has 3 N–H and O–H groups in total. The van der Waals surface area contributed by atoms with Crippen molar-refractivity contribution in [2.75, 3.05) is 13.7 Å². The number of aliphatic hydroxyl groups is 1. The molecule has 0 bridgehead atoms. The van der Waals surface area contributed by atoms with E-state index < -0.39 is 6.10 Å². The summed E-state index contributed by atoms with van der Waals surface area (Å²) in [6.07, 6.45) is 1.99. The van der Waals surface area contributed by atoms with Crippen molar-refractivity contribution in [1.29, 1.82) is 0 Å². The number of aromatic nitrogens is 3. The van der Waals surface area contributed by atoms with Gasteiger partial charge in [-0.05, 0) is 18.2 Å². The van der Waals surface area contributed by atoms with Crippen molar-refractivity contribution in [1.82, 2.24) is 20.1 Å². The van der Waals surface area contributed by atoms with Crippen molar-refractivity contribution >= 4 is 5.91 Å². The van der Waals surface area contributed by atoms with Crippen molar-refractivity contribution in [2.45, 2.75) is 6.10 Å². The van der Waals surface area contributed by atoms with E-state index in [-0.39, 0.29) is 18.0 Å². The van der Waals surface area contributed by atoms with Gasteiger partial charge in [0.25, 0.3) is 5.91 Å². The smallest absolute Gasteiger partial charge is 0.254 e. The van der Waals surface area contributed by atoms with Gasteiger partial charge in [0.15, 0.2) is 0 Å². The highest BCUT2D eigenvalue weighted by Crippen LogP contribution is 2.21. The Balaban J connectivity index is 1.68. The fourth-order valence-corrected chi connectivity index (χ4v) is 2.45. The molecule has 1 aromatic carbocycles. The van der Waals surface area contributed by atoms with E-state index in [2.05, 4.69) is 15.4 Å². The first-order valence-corrected chi connectivity index (χ1v) is 7.92. The summed E-state index contributed by atoms with van der Waals surface area (Å²) in [4.78, 5) is 26.1. The van der Waals surface area contributed by atoms with Crippen LogP contribution >= 0.6 is 0 Å². The minimum atomic E-state index is -1.02. The van der Waals surface area contributed by atoms with E-state index in [0.29, 0.717) is 22.7 Å². The average molecular weight is 354 g/mol. The summed E-state index contributed by atoms with van der Waals surface area (Å²) in [7, 11) is 1.56. The number of carbonyl (C=O) groups is 1. The highest BCUT2D eigenvalue weighted by atomic mass is 16.5. The predicted molar refractivity (Wildman–Crippen MR) is 94.5 cm³/mol. The van der Waals surface area contributed by atoms with Gasteiger partial charge in [-0.25, -0.2) is 4.68 Å². The third kappa shape index (κ3) is 3.81. The SMILES string of the molecule is COc1ccccc1-n1cc(C(=O)NCC(O)c2cccc(=O)[nH]2)cn1. The second kappa shape index (κ2) is 7.66. The largest absolute Gasteiger partial charge is 0.494 e. The number of H-pyrrole nitrogens is 1. The second-order valence-electron chi connectivity index (χ2n) is 5.54. The van der Waals surface area contributed by atoms with Gasteiger partial charge >= 0.3 is 0 Å². The lowest BCUT2D eigenvalue weighted by atomic mass is 10.2. The molecule has 3 rings (SSSR count). The first-order chi connectivity index (χ1) is 12.6. The van der Waals surface area contributed by atoms with Crippen LogP contribution in [-0.4, -0.2) is 39.4 Å². The Labute approximate surface area is 149 Å². The highest BCUT2D eigenvalue weighted by molar-refractivity contribution is 5.93. The summed E-state index contributed by atoms with van der Waals surface area (Å²) in [5.41, 5.74) is 1.06. The Kier molecular flexibility index (Phi) is 5.14. The molecule has 0 aliphatic carbocycles. The fourth-order valence-electron chi connectivity index (χ4n) is 2.45. The number of carbonyl (C=O) groups excluding carboxylic acids is 1. The van der Waals surface area contributed by atoms with Crippen LogP contribution in [0.25, 0.3) is 5.69 Å². The molecule has 0 saturated carbocycles. The number of pyridine rings is 1. The first-order valence-electron chi connectivity index (χ1n) is 7.92. The molecule has 134 valence electrons. The summed E-state index contributed by atoms with van der Waals surface area (Å²) >= 11 is 0. The van der Waals surface area contributed by atoms with E-state index in [0.717, 1.165) is 0 Å². The van der Waals surface area contributed by atoms with Crippen LogP contribution in [0.5, 0.6) is 5.75 Å². The number of para-hydroxylation sites is 2. The molecule has 26 heavy (non-hydrogen) atoms. The number of rotatable bonds is 6. The maximum atomic E-state index is 12.3. The Hall–Kier alpha value is -3.39. The quantitative estimate of drug-likeness (QED) is 0.613. The highest BCUT2D eigenvalue weighted by Gasteiger charge is 2.14. The van der Waals surface area contributed by atoms with E-state index in [9.17, 15) is 14.7 Å². The van der Waals surface area contributed by atoms with Crippen LogP contribution in [-0.2, 0) is 0 Å². The molecule has 1 amide bonds. The summed E-state index contributed by atoms with van der Waals surface area (Å²) in [6, 6.07) is 11.8. The molecular weight excluding hydrogens is 336 g/mol. The van der Waals surface area contributed by atoms with Crippen molar-refractivity contribution in [3.8, 4) is 11.4 Å². The number of nitrogens with zero attached hydrogens (tertiary/aromatic N) is 2. The van der Waals surface area contributed by atoms with Crippen molar-refractivity contribution in [2.24, 2.45) is 0 Å². The standard InChI is InChI=1S/C18H18N4O4/c1-26-16-7-3-2-6-14(16)22-11-12(9-20-22)18(25)19-10-15(23)13-5-4-8-17(24)21-13/h2-9,11,15,23H,10H2,1H3,(H,19,25)(H,21,24). The molecule has 2 heterocycles. The number of benzene rings is 1. The number of hydrogen-bond acceptors (Lipinski definition) is 5. The minimum absolute atomic E-state index is 0.0430. The van der Waals surface area contributed by atoms with Gasteiger partial charge in [0.2, 0.25) is 5.56 Å². The van der Waals surface area contributed by atoms with Crippen molar-refractivity contribution < 1.29 is 14.6 Å². The average Bonchev–Trinajstić information content (AvgIpc) is 3.16. The van der Waals surface area contributed by atoms with Gasteiger partial charge in [-0.2, -0.15) is 5.10 Å². The fraction of sp³-hybridized carbons (Fsp3) is 0.167. The molecule has 0 aliphatic rings. The van der Waals surface area contributed by atoms with E-state index in [1.54, 1.807) is 30.1 Å². The minimum Gasteiger partial charge on any atom is -0.494 e. The van der Waals surface area contributed by atoms with Gasteiger partial charge in [0, 0.05) is 24.5 Å². The summed E-state index contributed by atoms with van der Waals surface area (Å²) < 4.78 is 6.82. The van der Waals surface area contributed by atoms with Gasteiger partial charge in [0.05, 0.1) is 18.9 Å². The van der Waals surface area contributed by atoms with Gasteiger partial charge in [-0.15, -0.1) is 0 Å². The number of hydrogen-bond donors (Lipinski definition) is 3. The van der Waals surface area contributed by atoms with E-state index in [4.69, 9.17) is 4.74 Å². The Morgan fingerprint density at radius 2 is 2.12 bits per heavy atom. The Morgan fingerprint density at radius 1 is 1.31 bits per heavy atom. The zero-order chi connectivity index (χ0) is 18.5. The molecule has 2 aromatic heterocycles. The number of aliphatic hydroxyl groups excluding tert-OH is 1. The van der Waals surface area contributed by atoms with Crippen LogP contribution in [0.15, 0.2) is 59.7 Å². The molecule has 0 saturated heterocycles. The number of amides is 1. The number of aromatic amines is 1. The molecule has 1 atom stereocenters.